The molecule has 0 aromatic heterocycles. The zero-order valence-electron chi connectivity index (χ0n) is 12.3. The Labute approximate surface area is 121 Å². The Hall–Kier alpha value is -1.12. The topological polar surface area (TPSA) is 59.4 Å². The van der Waals surface area contributed by atoms with Crippen molar-refractivity contribution in [1.82, 2.24) is 15.1 Å². The summed E-state index contributed by atoms with van der Waals surface area (Å²) in [4.78, 5) is 16.5. The van der Waals surface area contributed by atoms with E-state index in [4.69, 9.17) is 5.26 Å². The summed E-state index contributed by atoms with van der Waals surface area (Å²) in [6.07, 6.45) is 4.83. The minimum atomic E-state index is 0.315. The van der Waals surface area contributed by atoms with Crippen LogP contribution in [-0.2, 0) is 4.79 Å². The first-order valence-corrected chi connectivity index (χ1v) is 7.87. The van der Waals surface area contributed by atoms with E-state index in [2.05, 4.69) is 16.3 Å². The molecule has 0 aliphatic carbocycles. The number of hydrogen-bond donors (Lipinski definition) is 1. The molecule has 0 saturated carbocycles. The van der Waals surface area contributed by atoms with Crippen LogP contribution in [0.5, 0.6) is 0 Å². The second-order valence-electron chi connectivity index (χ2n) is 5.88. The number of nitrogens with zero attached hydrogens (tertiary/aromatic N) is 3. The lowest BCUT2D eigenvalue weighted by atomic mass is 9.94. The van der Waals surface area contributed by atoms with E-state index in [-0.39, 0.29) is 0 Å². The van der Waals surface area contributed by atoms with Gasteiger partial charge in [-0.05, 0) is 38.3 Å². The maximum atomic E-state index is 12.2. The molecule has 2 aliphatic heterocycles. The molecule has 0 aromatic rings. The van der Waals surface area contributed by atoms with E-state index >= 15 is 0 Å². The molecule has 112 valence electrons. The molecule has 2 aliphatic rings. The highest BCUT2D eigenvalue weighted by Gasteiger charge is 2.22. The average Bonchev–Trinajstić information content (AvgIpc) is 2.52. The van der Waals surface area contributed by atoms with Crippen LogP contribution in [0.15, 0.2) is 0 Å². The number of piperidine rings is 1. The zero-order chi connectivity index (χ0) is 14.2. The Morgan fingerprint density at radius 1 is 1.30 bits per heavy atom. The molecular formula is C15H26N4O. The van der Waals surface area contributed by atoms with Gasteiger partial charge in [0.25, 0.3) is 0 Å². The number of carbonyl (C=O) groups excluding carboxylic acids is 1. The summed E-state index contributed by atoms with van der Waals surface area (Å²) in [5.74, 6) is 1.00. The van der Waals surface area contributed by atoms with Crippen LogP contribution in [0.3, 0.4) is 0 Å². The summed E-state index contributed by atoms with van der Waals surface area (Å²) in [7, 11) is 0. The van der Waals surface area contributed by atoms with Gasteiger partial charge >= 0.3 is 0 Å². The lowest BCUT2D eigenvalue weighted by molar-refractivity contribution is -0.133. The highest BCUT2D eigenvalue weighted by atomic mass is 16.2. The summed E-state index contributed by atoms with van der Waals surface area (Å²) in [5.41, 5.74) is 0. The van der Waals surface area contributed by atoms with E-state index in [1.165, 1.54) is 12.8 Å². The van der Waals surface area contributed by atoms with E-state index in [1.807, 2.05) is 4.90 Å². The van der Waals surface area contributed by atoms with Gasteiger partial charge in [0.2, 0.25) is 5.91 Å². The standard InChI is InChI=1S/C15H26N4O/c16-6-2-8-18-9-11-19(12-10-18)15(20)5-4-14-3-1-7-17-13-14/h14,17H,1-5,7-13H2. The van der Waals surface area contributed by atoms with Gasteiger partial charge in [-0.3, -0.25) is 9.69 Å². The largest absolute Gasteiger partial charge is 0.340 e. The molecular weight excluding hydrogens is 252 g/mol. The van der Waals surface area contributed by atoms with Gasteiger partial charge in [0.1, 0.15) is 0 Å². The average molecular weight is 278 g/mol. The first-order chi connectivity index (χ1) is 9.79. The van der Waals surface area contributed by atoms with Gasteiger partial charge in [-0.15, -0.1) is 0 Å². The fraction of sp³-hybridized carbons (Fsp3) is 0.867. The van der Waals surface area contributed by atoms with Crippen molar-refractivity contribution in [3.8, 4) is 6.07 Å². The van der Waals surface area contributed by atoms with Crippen molar-refractivity contribution in [3.05, 3.63) is 0 Å². The predicted octanol–water partition coefficient (Wildman–Crippen LogP) is 0.824. The van der Waals surface area contributed by atoms with Crippen molar-refractivity contribution in [2.45, 2.75) is 32.1 Å². The first-order valence-electron chi connectivity index (χ1n) is 7.87. The molecule has 2 heterocycles. The molecule has 20 heavy (non-hydrogen) atoms. The summed E-state index contributed by atoms with van der Waals surface area (Å²) < 4.78 is 0. The molecule has 5 heteroatoms. The maximum Gasteiger partial charge on any atom is 0.222 e. The third kappa shape index (κ3) is 4.77. The van der Waals surface area contributed by atoms with Crippen LogP contribution in [0.25, 0.3) is 0 Å². The highest BCUT2D eigenvalue weighted by Crippen LogP contribution is 2.17. The quantitative estimate of drug-likeness (QED) is 0.809. The van der Waals surface area contributed by atoms with Crippen molar-refractivity contribution < 1.29 is 4.79 Å². The second-order valence-corrected chi connectivity index (χ2v) is 5.88. The third-order valence-electron chi connectivity index (χ3n) is 4.43. The Bertz CT molecular complexity index is 338. The van der Waals surface area contributed by atoms with Crippen molar-refractivity contribution in [1.29, 1.82) is 5.26 Å². The van der Waals surface area contributed by atoms with Gasteiger partial charge in [-0.1, -0.05) is 0 Å². The van der Waals surface area contributed by atoms with Crippen LogP contribution in [0.2, 0.25) is 0 Å². The molecule has 1 unspecified atom stereocenters. The Balaban J connectivity index is 1.63. The van der Waals surface area contributed by atoms with Crippen molar-refractivity contribution >= 4 is 5.91 Å². The molecule has 5 nitrogen and oxygen atoms in total. The number of hydrogen-bond acceptors (Lipinski definition) is 4. The van der Waals surface area contributed by atoms with Gasteiger partial charge in [-0.25, -0.2) is 0 Å². The van der Waals surface area contributed by atoms with Crippen molar-refractivity contribution in [2.75, 3.05) is 45.8 Å². The van der Waals surface area contributed by atoms with Gasteiger partial charge in [0.05, 0.1) is 6.07 Å². The van der Waals surface area contributed by atoms with Crippen LogP contribution >= 0.6 is 0 Å². The number of nitriles is 1. The van der Waals surface area contributed by atoms with Crippen LogP contribution < -0.4 is 5.32 Å². The SMILES string of the molecule is N#CCCN1CCN(C(=O)CCC2CCCNC2)CC1. The van der Waals surface area contributed by atoms with Crippen LogP contribution in [0.1, 0.15) is 32.1 Å². The Morgan fingerprint density at radius 2 is 2.10 bits per heavy atom. The number of nitrogens with one attached hydrogen (secondary N) is 1. The van der Waals surface area contributed by atoms with E-state index in [1.54, 1.807) is 0 Å². The molecule has 0 aromatic carbocycles. The predicted molar refractivity (Wildman–Crippen MR) is 78.1 cm³/mol. The van der Waals surface area contributed by atoms with E-state index in [0.29, 0.717) is 24.7 Å². The Morgan fingerprint density at radius 3 is 2.75 bits per heavy atom. The van der Waals surface area contributed by atoms with Crippen LogP contribution in [0.4, 0.5) is 0 Å². The maximum absolute atomic E-state index is 12.2. The van der Waals surface area contributed by atoms with Crippen molar-refractivity contribution in [3.63, 3.8) is 0 Å². The van der Waals surface area contributed by atoms with Gasteiger partial charge in [0, 0.05) is 45.6 Å². The lowest BCUT2D eigenvalue weighted by Crippen LogP contribution is -2.48. The third-order valence-corrected chi connectivity index (χ3v) is 4.43. The smallest absolute Gasteiger partial charge is 0.222 e. The second kappa shape index (κ2) is 8.23. The summed E-state index contributed by atoms with van der Waals surface area (Å²) in [6.45, 7) is 6.54. The van der Waals surface area contributed by atoms with E-state index in [9.17, 15) is 4.79 Å². The fourth-order valence-electron chi connectivity index (χ4n) is 3.09. The summed E-state index contributed by atoms with van der Waals surface area (Å²) >= 11 is 0. The number of rotatable bonds is 5. The van der Waals surface area contributed by atoms with Crippen LogP contribution in [-0.4, -0.2) is 61.5 Å². The van der Waals surface area contributed by atoms with E-state index in [0.717, 1.165) is 52.2 Å². The Kier molecular flexibility index (Phi) is 6.28. The first kappa shape index (κ1) is 15.3. The number of carbonyl (C=O) groups is 1. The molecule has 0 spiro atoms. The minimum Gasteiger partial charge on any atom is -0.340 e. The molecule has 2 saturated heterocycles. The number of piperazine rings is 1. The lowest BCUT2D eigenvalue weighted by Gasteiger charge is -2.34. The molecule has 1 N–H and O–H groups in total. The summed E-state index contributed by atoms with van der Waals surface area (Å²) in [5, 5.41) is 12.0. The molecule has 1 amide bonds. The highest BCUT2D eigenvalue weighted by molar-refractivity contribution is 5.76. The monoisotopic (exact) mass is 278 g/mol. The van der Waals surface area contributed by atoms with Crippen molar-refractivity contribution in [2.24, 2.45) is 5.92 Å². The molecule has 0 bridgehead atoms. The van der Waals surface area contributed by atoms with Gasteiger partial charge in [0.15, 0.2) is 0 Å². The molecule has 0 radical (unpaired) electrons. The minimum absolute atomic E-state index is 0.315. The molecule has 1 atom stereocenters. The van der Waals surface area contributed by atoms with Gasteiger partial charge < -0.3 is 10.2 Å². The normalized spacial score (nSPS) is 24.4. The van der Waals surface area contributed by atoms with Crippen LogP contribution in [0, 0.1) is 17.2 Å². The zero-order valence-corrected chi connectivity index (χ0v) is 12.3. The van der Waals surface area contributed by atoms with E-state index < -0.39 is 0 Å². The van der Waals surface area contributed by atoms with Gasteiger partial charge in [-0.2, -0.15) is 5.26 Å². The fourth-order valence-corrected chi connectivity index (χ4v) is 3.09. The molecule has 2 rings (SSSR count). The summed E-state index contributed by atoms with van der Waals surface area (Å²) in [6, 6.07) is 2.18. The number of amides is 1. The molecule has 2 fully saturated rings.